The number of hydrogen-bond donors (Lipinski definition) is 1. The monoisotopic (exact) mass is 341 g/mol. The predicted molar refractivity (Wildman–Crippen MR) is 105 cm³/mol. The lowest BCUT2D eigenvalue weighted by molar-refractivity contribution is -0.236. The Morgan fingerprint density at radius 1 is 0.880 bits per heavy atom. The second kappa shape index (κ2) is 10.2. The van der Waals surface area contributed by atoms with Crippen LogP contribution in [0.2, 0.25) is 0 Å². The zero-order valence-electron chi connectivity index (χ0n) is 15.7. The highest BCUT2D eigenvalue weighted by Crippen LogP contribution is 2.36. The summed E-state index contributed by atoms with van der Waals surface area (Å²) >= 11 is 0. The maximum absolute atomic E-state index is 6.06. The molecule has 0 aliphatic heterocycles. The van der Waals surface area contributed by atoms with E-state index < -0.39 is 5.79 Å². The molecular formula is C22H31NO2. The fourth-order valence-corrected chi connectivity index (χ4v) is 3.33. The maximum Gasteiger partial charge on any atom is 0.172 e. The molecule has 0 aromatic heterocycles. The normalized spacial score (nSPS) is 12.8. The molecule has 25 heavy (non-hydrogen) atoms. The molecule has 0 saturated carbocycles. The fourth-order valence-electron chi connectivity index (χ4n) is 3.33. The number of para-hydroxylation sites is 1. The maximum atomic E-state index is 6.06. The van der Waals surface area contributed by atoms with Crippen molar-refractivity contribution in [1.29, 1.82) is 0 Å². The van der Waals surface area contributed by atoms with E-state index in [1.165, 1.54) is 5.56 Å². The minimum absolute atomic E-state index is 0.200. The first-order chi connectivity index (χ1) is 12.2. The first-order valence-electron chi connectivity index (χ1n) is 9.31. The summed E-state index contributed by atoms with van der Waals surface area (Å²) in [6, 6.07) is 20.9. The molecule has 0 saturated heterocycles. The molecule has 0 aliphatic rings. The molecule has 2 aromatic carbocycles. The Morgan fingerprint density at radius 3 is 2.00 bits per heavy atom. The minimum Gasteiger partial charge on any atom is -0.385 e. The number of nitrogens with one attached hydrogen (secondary N) is 1. The van der Waals surface area contributed by atoms with Crippen molar-refractivity contribution in [1.82, 2.24) is 0 Å². The Labute approximate surface area is 152 Å². The van der Waals surface area contributed by atoms with Gasteiger partial charge in [0.15, 0.2) is 5.79 Å². The highest BCUT2D eigenvalue weighted by molar-refractivity contribution is 5.42. The molecule has 3 nitrogen and oxygen atoms in total. The van der Waals surface area contributed by atoms with Crippen molar-refractivity contribution in [3.63, 3.8) is 0 Å². The number of anilines is 1. The van der Waals surface area contributed by atoms with Crippen LogP contribution in [0.3, 0.4) is 0 Å². The van der Waals surface area contributed by atoms with Crippen LogP contribution in [-0.4, -0.2) is 25.5 Å². The second-order valence-corrected chi connectivity index (χ2v) is 6.28. The van der Waals surface area contributed by atoms with Crippen LogP contribution in [-0.2, 0) is 9.47 Å². The summed E-state index contributed by atoms with van der Waals surface area (Å²) in [7, 11) is 0. The minimum atomic E-state index is -0.600. The molecule has 0 fully saturated rings. The molecule has 1 atom stereocenters. The lowest BCUT2D eigenvalue weighted by Gasteiger charge is -2.37. The van der Waals surface area contributed by atoms with Gasteiger partial charge in [0.25, 0.3) is 0 Å². The van der Waals surface area contributed by atoms with Crippen LogP contribution < -0.4 is 5.32 Å². The van der Waals surface area contributed by atoms with Gasteiger partial charge in [-0.3, -0.25) is 0 Å². The van der Waals surface area contributed by atoms with E-state index in [1.807, 2.05) is 19.9 Å². The Kier molecular flexibility index (Phi) is 7.96. The molecular weight excluding hydrogens is 310 g/mol. The van der Waals surface area contributed by atoms with Crippen LogP contribution in [0.15, 0.2) is 60.7 Å². The van der Waals surface area contributed by atoms with Crippen molar-refractivity contribution in [2.75, 3.05) is 25.1 Å². The highest BCUT2D eigenvalue weighted by atomic mass is 16.7. The molecule has 2 rings (SSSR count). The van der Waals surface area contributed by atoms with E-state index in [0.29, 0.717) is 13.2 Å². The van der Waals surface area contributed by atoms with E-state index >= 15 is 0 Å². The van der Waals surface area contributed by atoms with Gasteiger partial charge in [-0.25, -0.2) is 0 Å². The molecule has 1 unspecified atom stereocenters. The number of benzene rings is 2. The summed E-state index contributed by atoms with van der Waals surface area (Å²) < 4.78 is 12.1. The summed E-state index contributed by atoms with van der Waals surface area (Å²) in [5.41, 5.74) is 2.43. The van der Waals surface area contributed by atoms with Crippen molar-refractivity contribution < 1.29 is 9.47 Å². The molecule has 0 radical (unpaired) electrons. The molecule has 0 bridgehead atoms. The smallest absolute Gasteiger partial charge is 0.172 e. The van der Waals surface area contributed by atoms with E-state index in [1.54, 1.807) is 0 Å². The molecule has 1 N–H and O–H groups in total. The quantitative estimate of drug-likeness (QED) is 0.435. The zero-order valence-corrected chi connectivity index (χ0v) is 15.7. The third kappa shape index (κ3) is 5.87. The number of rotatable bonds is 11. The van der Waals surface area contributed by atoms with Gasteiger partial charge in [-0.05, 0) is 51.3 Å². The van der Waals surface area contributed by atoms with Gasteiger partial charge < -0.3 is 14.8 Å². The second-order valence-electron chi connectivity index (χ2n) is 6.28. The van der Waals surface area contributed by atoms with Crippen molar-refractivity contribution in [2.45, 2.75) is 45.3 Å². The van der Waals surface area contributed by atoms with Gasteiger partial charge in [-0.15, -0.1) is 0 Å². The number of hydrogen-bond acceptors (Lipinski definition) is 3. The van der Waals surface area contributed by atoms with Crippen LogP contribution in [0.1, 0.15) is 45.1 Å². The van der Waals surface area contributed by atoms with E-state index in [0.717, 1.165) is 25.1 Å². The molecule has 0 spiro atoms. The fraction of sp³-hybridized carbons (Fsp3) is 0.455. The van der Waals surface area contributed by atoms with Crippen LogP contribution in [0, 0.1) is 0 Å². The van der Waals surface area contributed by atoms with Gasteiger partial charge in [0.05, 0.1) is 0 Å². The lowest BCUT2D eigenvalue weighted by atomic mass is 9.87. The summed E-state index contributed by atoms with van der Waals surface area (Å²) in [4.78, 5) is 0. The predicted octanol–water partition coefficient (Wildman–Crippen LogP) is 5.45. The average molecular weight is 341 g/mol. The van der Waals surface area contributed by atoms with Crippen LogP contribution >= 0.6 is 0 Å². The summed E-state index contributed by atoms with van der Waals surface area (Å²) in [5, 5.41) is 3.49. The van der Waals surface area contributed by atoms with E-state index in [2.05, 4.69) is 66.8 Å². The van der Waals surface area contributed by atoms with Crippen molar-refractivity contribution in [2.24, 2.45) is 0 Å². The Hall–Kier alpha value is -1.84. The van der Waals surface area contributed by atoms with Gasteiger partial charge in [-0.1, -0.05) is 48.5 Å². The summed E-state index contributed by atoms with van der Waals surface area (Å²) in [6.45, 7) is 8.33. The molecule has 0 aliphatic carbocycles. The van der Waals surface area contributed by atoms with Gasteiger partial charge >= 0.3 is 0 Å². The Bertz CT molecular complexity index is 579. The SMILES string of the molecule is CCOC(C)(OCC)C(CCCNc1ccccc1)c1ccccc1. The van der Waals surface area contributed by atoms with E-state index in [9.17, 15) is 0 Å². The molecule has 136 valence electrons. The van der Waals surface area contributed by atoms with Crippen LogP contribution in [0.4, 0.5) is 5.69 Å². The van der Waals surface area contributed by atoms with Crippen LogP contribution in [0.25, 0.3) is 0 Å². The van der Waals surface area contributed by atoms with E-state index in [4.69, 9.17) is 9.47 Å². The standard InChI is InChI=1S/C22H31NO2/c1-4-24-22(3,25-5-2)21(19-13-8-6-9-14-19)17-12-18-23-20-15-10-7-11-16-20/h6-11,13-16,21,23H,4-5,12,17-18H2,1-3H3. The Balaban J connectivity index is 2.04. The van der Waals surface area contributed by atoms with Gasteiger partial charge in [0.2, 0.25) is 0 Å². The van der Waals surface area contributed by atoms with Gasteiger partial charge in [-0.2, -0.15) is 0 Å². The first kappa shape index (κ1) is 19.5. The topological polar surface area (TPSA) is 30.5 Å². The molecule has 2 aromatic rings. The van der Waals surface area contributed by atoms with Gasteiger partial charge in [0.1, 0.15) is 0 Å². The van der Waals surface area contributed by atoms with Gasteiger partial charge in [0, 0.05) is 31.4 Å². The molecule has 0 amide bonds. The molecule has 0 heterocycles. The third-order valence-corrected chi connectivity index (χ3v) is 4.47. The summed E-state index contributed by atoms with van der Waals surface area (Å²) in [5.74, 6) is -0.399. The van der Waals surface area contributed by atoms with Crippen LogP contribution in [0.5, 0.6) is 0 Å². The van der Waals surface area contributed by atoms with Crippen molar-refractivity contribution >= 4 is 5.69 Å². The van der Waals surface area contributed by atoms with Crippen molar-refractivity contribution in [3.05, 3.63) is 66.2 Å². The lowest BCUT2D eigenvalue weighted by Crippen LogP contribution is -2.39. The largest absolute Gasteiger partial charge is 0.385 e. The summed E-state index contributed by atoms with van der Waals surface area (Å²) in [6.07, 6.45) is 2.05. The zero-order chi connectivity index (χ0) is 18.0. The Morgan fingerprint density at radius 2 is 1.44 bits per heavy atom. The average Bonchev–Trinajstić information content (AvgIpc) is 2.63. The third-order valence-electron chi connectivity index (χ3n) is 4.47. The first-order valence-corrected chi connectivity index (χ1v) is 9.31. The van der Waals surface area contributed by atoms with Crippen molar-refractivity contribution in [3.8, 4) is 0 Å². The number of ether oxygens (including phenoxy) is 2. The van der Waals surface area contributed by atoms with E-state index in [-0.39, 0.29) is 5.92 Å². The highest BCUT2D eigenvalue weighted by Gasteiger charge is 2.36. The molecule has 3 heteroatoms.